The lowest BCUT2D eigenvalue weighted by Gasteiger charge is -2.06. The van der Waals surface area contributed by atoms with E-state index in [2.05, 4.69) is 4.98 Å². The van der Waals surface area contributed by atoms with Crippen molar-refractivity contribution in [2.75, 3.05) is 0 Å². The Bertz CT molecular complexity index is 570. The number of benzene rings is 1. The van der Waals surface area contributed by atoms with E-state index in [1.165, 1.54) is 30.6 Å². The Labute approximate surface area is 102 Å². The monoisotopic (exact) mass is 249 g/mol. The molecule has 18 heavy (non-hydrogen) atoms. The van der Waals surface area contributed by atoms with Gasteiger partial charge in [0, 0.05) is 23.5 Å². The summed E-state index contributed by atoms with van der Waals surface area (Å²) in [5.41, 5.74) is 0.0542. The highest BCUT2D eigenvalue weighted by Gasteiger charge is 2.16. The number of phenolic OH excluding ortho intramolecular Hbond substituents is 1. The summed E-state index contributed by atoms with van der Waals surface area (Å²) in [5, 5.41) is 9.41. The molecule has 0 atom stereocenters. The summed E-state index contributed by atoms with van der Waals surface area (Å²) in [5.74, 6) is -0.932. The van der Waals surface area contributed by atoms with Crippen molar-refractivity contribution in [2.45, 2.75) is 6.43 Å². The van der Waals surface area contributed by atoms with Crippen LogP contribution in [0.3, 0.4) is 0 Å². The lowest BCUT2D eigenvalue weighted by atomic mass is 10.0. The molecule has 0 bridgehead atoms. The second-order valence-electron chi connectivity index (χ2n) is 3.64. The van der Waals surface area contributed by atoms with E-state index in [1.54, 1.807) is 0 Å². The molecular weight excluding hydrogens is 240 g/mol. The van der Waals surface area contributed by atoms with Crippen LogP contribution in [0.4, 0.5) is 8.78 Å². The van der Waals surface area contributed by atoms with Crippen LogP contribution in [-0.4, -0.2) is 15.9 Å². The molecule has 0 amide bonds. The topological polar surface area (TPSA) is 50.2 Å². The van der Waals surface area contributed by atoms with E-state index in [1.807, 2.05) is 0 Å². The van der Waals surface area contributed by atoms with Crippen molar-refractivity contribution in [3.8, 4) is 5.75 Å². The molecular formula is C13H9F2NO2. The number of hydrogen-bond acceptors (Lipinski definition) is 3. The highest BCUT2D eigenvalue weighted by atomic mass is 19.3. The number of halogens is 2. The minimum Gasteiger partial charge on any atom is -0.507 e. The van der Waals surface area contributed by atoms with Crippen LogP contribution in [-0.2, 0) is 0 Å². The standard InChI is InChI=1S/C13H9F2NO2/c14-13(15)10-2-1-9(7-11(10)17)12(18)8-3-5-16-6-4-8/h1-7,13,17H. The number of hydrogen-bond donors (Lipinski definition) is 1. The molecule has 0 saturated carbocycles. The average molecular weight is 249 g/mol. The lowest BCUT2D eigenvalue weighted by Crippen LogP contribution is -2.01. The molecule has 0 aliphatic heterocycles. The molecule has 0 fully saturated rings. The fraction of sp³-hybridized carbons (Fsp3) is 0.0769. The minimum atomic E-state index is -2.77. The molecule has 0 unspecified atom stereocenters. The molecule has 0 aliphatic carbocycles. The average Bonchev–Trinajstić information content (AvgIpc) is 2.38. The van der Waals surface area contributed by atoms with Gasteiger partial charge in [0.2, 0.25) is 0 Å². The molecule has 0 saturated heterocycles. The molecule has 5 heteroatoms. The molecule has 2 rings (SSSR count). The van der Waals surface area contributed by atoms with Crippen molar-refractivity contribution in [1.82, 2.24) is 4.98 Å². The third-order valence-corrected chi connectivity index (χ3v) is 2.47. The number of nitrogens with zero attached hydrogens (tertiary/aromatic N) is 1. The third-order valence-electron chi connectivity index (χ3n) is 2.47. The molecule has 0 radical (unpaired) electrons. The number of phenols is 1. The van der Waals surface area contributed by atoms with E-state index < -0.39 is 17.7 Å². The molecule has 1 aromatic carbocycles. The normalized spacial score (nSPS) is 10.6. The fourth-order valence-corrected chi connectivity index (χ4v) is 1.54. The number of ketones is 1. The molecule has 1 aromatic heterocycles. The van der Waals surface area contributed by atoms with Crippen LogP contribution in [0.15, 0.2) is 42.7 Å². The van der Waals surface area contributed by atoms with Gasteiger partial charge in [-0.3, -0.25) is 9.78 Å². The lowest BCUT2D eigenvalue weighted by molar-refractivity contribution is 0.103. The Morgan fingerprint density at radius 3 is 2.33 bits per heavy atom. The molecule has 92 valence electrons. The molecule has 3 nitrogen and oxygen atoms in total. The van der Waals surface area contributed by atoms with Crippen LogP contribution < -0.4 is 0 Å². The van der Waals surface area contributed by atoms with Gasteiger partial charge in [0.05, 0.1) is 5.56 Å². The summed E-state index contributed by atoms with van der Waals surface area (Å²) in [6.07, 6.45) is 0.149. The highest BCUT2D eigenvalue weighted by Crippen LogP contribution is 2.29. The summed E-state index contributed by atoms with van der Waals surface area (Å²) in [7, 11) is 0. The Balaban J connectivity index is 2.36. The number of carbonyl (C=O) groups is 1. The van der Waals surface area contributed by atoms with Gasteiger partial charge < -0.3 is 5.11 Å². The first-order valence-electron chi connectivity index (χ1n) is 5.15. The van der Waals surface area contributed by atoms with Crippen molar-refractivity contribution in [2.24, 2.45) is 0 Å². The van der Waals surface area contributed by atoms with Crippen molar-refractivity contribution in [3.63, 3.8) is 0 Å². The largest absolute Gasteiger partial charge is 0.507 e. The summed E-state index contributed by atoms with van der Waals surface area (Å²) in [6, 6.07) is 6.39. The van der Waals surface area contributed by atoms with Crippen LogP contribution in [0.5, 0.6) is 5.75 Å². The first-order valence-corrected chi connectivity index (χ1v) is 5.15. The Morgan fingerprint density at radius 1 is 1.11 bits per heavy atom. The van der Waals surface area contributed by atoms with Crippen LogP contribution in [0.1, 0.15) is 27.9 Å². The number of rotatable bonds is 3. The van der Waals surface area contributed by atoms with Crippen LogP contribution in [0, 0.1) is 0 Å². The van der Waals surface area contributed by atoms with Gasteiger partial charge in [-0.05, 0) is 24.3 Å². The fourth-order valence-electron chi connectivity index (χ4n) is 1.54. The smallest absolute Gasteiger partial charge is 0.267 e. The van der Waals surface area contributed by atoms with E-state index in [-0.39, 0.29) is 11.3 Å². The van der Waals surface area contributed by atoms with Gasteiger partial charge in [-0.25, -0.2) is 8.78 Å². The maximum absolute atomic E-state index is 12.4. The van der Waals surface area contributed by atoms with E-state index in [9.17, 15) is 18.7 Å². The van der Waals surface area contributed by atoms with Crippen molar-refractivity contribution in [3.05, 3.63) is 59.4 Å². The zero-order chi connectivity index (χ0) is 13.1. The summed E-state index contributed by atoms with van der Waals surface area (Å²) in [4.78, 5) is 15.7. The van der Waals surface area contributed by atoms with E-state index >= 15 is 0 Å². The summed E-state index contributed by atoms with van der Waals surface area (Å²) < 4.78 is 24.9. The minimum absolute atomic E-state index is 0.156. The van der Waals surface area contributed by atoms with Crippen LogP contribution in [0.25, 0.3) is 0 Å². The van der Waals surface area contributed by atoms with Gasteiger partial charge in [0.15, 0.2) is 5.78 Å². The van der Waals surface area contributed by atoms with Gasteiger partial charge in [0.1, 0.15) is 5.75 Å². The van der Waals surface area contributed by atoms with Gasteiger partial charge in [-0.1, -0.05) is 6.07 Å². The Hall–Kier alpha value is -2.30. The second kappa shape index (κ2) is 4.91. The Kier molecular flexibility index (Phi) is 3.32. The van der Waals surface area contributed by atoms with Gasteiger partial charge in [0.25, 0.3) is 6.43 Å². The summed E-state index contributed by atoms with van der Waals surface area (Å²) in [6.45, 7) is 0. The van der Waals surface area contributed by atoms with Gasteiger partial charge >= 0.3 is 0 Å². The number of aromatic hydroxyl groups is 1. The molecule has 0 aliphatic rings. The van der Waals surface area contributed by atoms with Crippen molar-refractivity contribution < 1.29 is 18.7 Å². The highest BCUT2D eigenvalue weighted by molar-refractivity contribution is 6.09. The van der Waals surface area contributed by atoms with E-state index in [0.29, 0.717) is 5.56 Å². The quantitative estimate of drug-likeness (QED) is 0.851. The van der Waals surface area contributed by atoms with Gasteiger partial charge in [-0.15, -0.1) is 0 Å². The number of alkyl halides is 2. The first kappa shape index (κ1) is 12.2. The van der Waals surface area contributed by atoms with E-state index in [4.69, 9.17) is 0 Å². The molecule has 0 spiro atoms. The first-order chi connectivity index (χ1) is 8.59. The number of carbonyl (C=O) groups excluding carboxylic acids is 1. The number of pyridine rings is 1. The second-order valence-corrected chi connectivity index (χ2v) is 3.64. The predicted octanol–water partition coefficient (Wildman–Crippen LogP) is 2.96. The zero-order valence-corrected chi connectivity index (χ0v) is 9.18. The zero-order valence-electron chi connectivity index (χ0n) is 9.18. The maximum Gasteiger partial charge on any atom is 0.267 e. The SMILES string of the molecule is O=C(c1ccncc1)c1ccc(C(F)F)c(O)c1. The van der Waals surface area contributed by atoms with Gasteiger partial charge in [-0.2, -0.15) is 0 Å². The Morgan fingerprint density at radius 2 is 1.78 bits per heavy atom. The third kappa shape index (κ3) is 2.34. The maximum atomic E-state index is 12.4. The molecule has 1 N–H and O–H groups in total. The van der Waals surface area contributed by atoms with Crippen molar-refractivity contribution in [1.29, 1.82) is 0 Å². The molecule has 1 heterocycles. The van der Waals surface area contributed by atoms with Crippen molar-refractivity contribution >= 4 is 5.78 Å². The van der Waals surface area contributed by atoms with E-state index in [0.717, 1.165) is 12.1 Å². The summed E-state index contributed by atoms with van der Waals surface area (Å²) >= 11 is 0. The van der Waals surface area contributed by atoms with Crippen LogP contribution >= 0.6 is 0 Å². The van der Waals surface area contributed by atoms with Crippen LogP contribution in [0.2, 0.25) is 0 Å². The number of aromatic nitrogens is 1. The molecule has 2 aromatic rings. The predicted molar refractivity (Wildman–Crippen MR) is 60.7 cm³/mol.